The molecule has 5 heteroatoms. The van der Waals surface area contributed by atoms with E-state index >= 15 is 0 Å². The number of hydrogen-bond donors (Lipinski definition) is 1. The highest BCUT2D eigenvalue weighted by Gasteiger charge is 2.47. The molecule has 168 valence electrons. The molecule has 0 saturated heterocycles. The van der Waals surface area contributed by atoms with Gasteiger partial charge < -0.3 is 5.11 Å². The minimum atomic E-state index is -1.75. The van der Waals surface area contributed by atoms with Gasteiger partial charge in [-0.1, -0.05) is 113 Å². The summed E-state index contributed by atoms with van der Waals surface area (Å²) in [7, 11) is 0. The molecule has 0 saturated carbocycles. The summed E-state index contributed by atoms with van der Waals surface area (Å²) in [5.74, 6) is -0.399. The van der Waals surface area contributed by atoms with E-state index in [0.717, 1.165) is 26.2 Å². The van der Waals surface area contributed by atoms with Crippen molar-refractivity contribution in [2.24, 2.45) is 0 Å². The first-order valence-corrected chi connectivity index (χ1v) is 11.7. The van der Waals surface area contributed by atoms with Crippen molar-refractivity contribution >= 4 is 27.4 Å². The van der Waals surface area contributed by atoms with Gasteiger partial charge in [0, 0.05) is 10.0 Å². The summed E-state index contributed by atoms with van der Waals surface area (Å²) >= 11 is 3.46. The van der Waals surface area contributed by atoms with E-state index < -0.39 is 11.6 Å². The van der Waals surface area contributed by atoms with Crippen LogP contribution in [0.2, 0.25) is 0 Å². The fourth-order valence-electron chi connectivity index (χ4n) is 4.06. The van der Waals surface area contributed by atoms with Gasteiger partial charge >= 0.3 is 0 Å². The number of benzene rings is 4. The van der Waals surface area contributed by atoms with Gasteiger partial charge in [-0.2, -0.15) is 5.06 Å². The van der Waals surface area contributed by atoms with Crippen molar-refractivity contribution in [3.63, 3.8) is 0 Å². The molecule has 1 N–H and O–H groups in total. The largest absolute Gasteiger partial charge is 0.362 e. The maximum Gasteiger partial charge on any atom is 0.281 e. The molecule has 34 heavy (non-hydrogen) atoms. The van der Waals surface area contributed by atoms with Gasteiger partial charge in [0.1, 0.15) is 6.61 Å². The van der Waals surface area contributed by atoms with Crippen molar-refractivity contribution < 1.29 is 14.7 Å². The molecule has 0 fully saturated rings. The zero-order valence-corrected chi connectivity index (χ0v) is 19.9. The number of carbonyl (C=O) groups excluding carboxylic acids is 1. The van der Waals surface area contributed by atoms with Crippen LogP contribution in [0.25, 0.3) is 16.7 Å². The van der Waals surface area contributed by atoms with E-state index in [4.69, 9.17) is 4.84 Å². The van der Waals surface area contributed by atoms with Crippen molar-refractivity contribution in [3.05, 3.63) is 136 Å². The fraction of sp³-hybridized carbons (Fsp3) is 0.0690. The lowest BCUT2D eigenvalue weighted by Crippen LogP contribution is -2.43. The van der Waals surface area contributed by atoms with Crippen molar-refractivity contribution in [1.82, 2.24) is 5.06 Å². The van der Waals surface area contributed by atoms with Crippen LogP contribution in [-0.4, -0.2) is 16.1 Å². The van der Waals surface area contributed by atoms with Crippen molar-refractivity contribution in [1.29, 1.82) is 0 Å². The lowest BCUT2D eigenvalue weighted by atomic mass is 9.97. The lowest BCUT2D eigenvalue weighted by Gasteiger charge is -2.32. The van der Waals surface area contributed by atoms with Crippen LogP contribution in [0.3, 0.4) is 0 Å². The molecule has 0 radical (unpaired) electrons. The summed E-state index contributed by atoms with van der Waals surface area (Å²) in [5, 5.41) is 12.9. The number of hydrogen-bond acceptors (Lipinski definition) is 3. The van der Waals surface area contributed by atoms with E-state index in [2.05, 4.69) is 15.9 Å². The molecule has 0 spiro atoms. The second kappa shape index (κ2) is 9.39. The highest BCUT2D eigenvalue weighted by atomic mass is 79.9. The van der Waals surface area contributed by atoms with Crippen LogP contribution in [0, 0.1) is 0 Å². The zero-order chi connectivity index (χ0) is 23.5. The van der Waals surface area contributed by atoms with Gasteiger partial charge in [0.05, 0.1) is 5.57 Å². The number of nitrogens with zero attached hydrogens (tertiary/aromatic N) is 1. The molecule has 1 amide bonds. The number of halogens is 1. The Hall–Kier alpha value is -3.51. The Balaban J connectivity index is 1.52. The Morgan fingerprint density at radius 2 is 1.38 bits per heavy atom. The van der Waals surface area contributed by atoms with Crippen LogP contribution in [0.15, 0.2) is 120 Å². The predicted octanol–water partition coefficient (Wildman–Crippen LogP) is 6.32. The second-order valence-corrected chi connectivity index (χ2v) is 9.01. The van der Waals surface area contributed by atoms with Gasteiger partial charge in [0.25, 0.3) is 5.91 Å². The number of carbonyl (C=O) groups is 1. The van der Waals surface area contributed by atoms with E-state index in [1.807, 2.05) is 109 Å². The average molecular weight is 512 g/mol. The highest BCUT2D eigenvalue weighted by Crippen LogP contribution is 2.40. The average Bonchev–Trinajstić information content (AvgIpc) is 3.14. The first kappa shape index (κ1) is 22.3. The molecule has 1 aliphatic rings. The first-order chi connectivity index (χ1) is 16.5. The molecule has 4 aromatic rings. The summed E-state index contributed by atoms with van der Waals surface area (Å²) in [4.78, 5) is 19.4. The maximum absolute atomic E-state index is 13.5. The van der Waals surface area contributed by atoms with E-state index in [0.29, 0.717) is 16.7 Å². The summed E-state index contributed by atoms with van der Waals surface area (Å²) in [6.07, 6.45) is 1.57. The Morgan fingerprint density at radius 3 is 2.06 bits per heavy atom. The van der Waals surface area contributed by atoms with Crippen LogP contribution in [0.5, 0.6) is 0 Å². The number of rotatable bonds is 6. The Bertz CT molecular complexity index is 1340. The minimum Gasteiger partial charge on any atom is -0.362 e. The highest BCUT2D eigenvalue weighted by molar-refractivity contribution is 9.10. The third-order valence-corrected chi connectivity index (χ3v) is 6.32. The van der Waals surface area contributed by atoms with E-state index in [-0.39, 0.29) is 6.61 Å². The molecular formula is C29H22BrNO3. The molecule has 0 aromatic heterocycles. The van der Waals surface area contributed by atoms with E-state index in [1.165, 1.54) is 0 Å². The smallest absolute Gasteiger partial charge is 0.281 e. The lowest BCUT2D eigenvalue weighted by molar-refractivity contribution is -0.262. The SMILES string of the molecule is O=C1C(c2cccc(Br)c2)=CC(O)(c2ccc(-c3ccccc3)cc2)N1OCc1ccccc1. The summed E-state index contributed by atoms with van der Waals surface area (Å²) < 4.78 is 0.845. The zero-order valence-electron chi connectivity index (χ0n) is 18.3. The Kier molecular flexibility index (Phi) is 6.16. The maximum atomic E-state index is 13.5. The molecule has 5 rings (SSSR count). The van der Waals surface area contributed by atoms with Crippen LogP contribution < -0.4 is 0 Å². The number of amides is 1. The molecule has 4 aromatic carbocycles. The predicted molar refractivity (Wildman–Crippen MR) is 136 cm³/mol. The summed E-state index contributed by atoms with van der Waals surface area (Å²) in [6, 6.07) is 34.5. The normalized spacial score (nSPS) is 17.6. The Labute approximate surface area is 206 Å². The van der Waals surface area contributed by atoms with Gasteiger partial charge in [-0.15, -0.1) is 0 Å². The van der Waals surface area contributed by atoms with Crippen LogP contribution >= 0.6 is 15.9 Å². The molecular weight excluding hydrogens is 490 g/mol. The van der Waals surface area contributed by atoms with Gasteiger partial charge in [0.15, 0.2) is 0 Å². The van der Waals surface area contributed by atoms with Crippen molar-refractivity contribution in [2.75, 3.05) is 0 Å². The van der Waals surface area contributed by atoms with E-state index in [1.54, 1.807) is 6.08 Å². The van der Waals surface area contributed by atoms with Crippen LogP contribution in [0.1, 0.15) is 16.7 Å². The number of hydroxylamine groups is 2. The standard InChI is InChI=1S/C29H22BrNO3/c30-26-13-7-12-24(18-26)27-19-29(33,31(28(27)32)34-20-21-8-3-1-4-9-21)25-16-14-23(15-17-25)22-10-5-2-6-11-22/h1-19,33H,20H2. The third-order valence-electron chi connectivity index (χ3n) is 5.83. The quantitative estimate of drug-likeness (QED) is 0.329. The monoisotopic (exact) mass is 511 g/mol. The fourth-order valence-corrected chi connectivity index (χ4v) is 4.46. The van der Waals surface area contributed by atoms with Gasteiger partial charge in [-0.05, 0) is 40.5 Å². The number of aliphatic hydroxyl groups is 1. The minimum absolute atomic E-state index is 0.149. The molecule has 0 bridgehead atoms. The summed E-state index contributed by atoms with van der Waals surface area (Å²) in [6.45, 7) is 0.149. The molecule has 4 nitrogen and oxygen atoms in total. The molecule has 1 aliphatic heterocycles. The van der Waals surface area contributed by atoms with Crippen molar-refractivity contribution in [3.8, 4) is 11.1 Å². The first-order valence-electron chi connectivity index (χ1n) is 10.9. The molecule has 1 atom stereocenters. The van der Waals surface area contributed by atoms with Crippen LogP contribution in [-0.2, 0) is 22.0 Å². The molecule has 1 heterocycles. The van der Waals surface area contributed by atoms with Crippen LogP contribution in [0.4, 0.5) is 0 Å². The topological polar surface area (TPSA) is 49.8 Å². The van der Waals surface area contributed by atoms with E-state index in [9.17, 15) is 9.90 Å². The van der Waals surface area contributed by atoms with Gasteiger partial charge in [-0.25, -0.2) is 0 Å². The van der Waals surface area contributed by atoms with Crippen molar-refractivity contribution in [2.45, 2.75) is 12.3 Å². The van der Waals surface area contributed by atoms with Gasteiger partial charge in [-0.3, -0.25) is 9.63 Å². The molecule has 0 aliphatic carbocycles. The summed E-state index contributed by atoms with van der Waals surface area (Å²) in [5.41, 5.74) is 2.86. The second-order valence-electron chi connectivity index (χ2n) is 8.10. The Morgan fingerprint density at radius 1 is 0.765 bits per heavy atom. The third kappa shape index (κ3) is 4.33. The van der Waals surface area contributed by atoms with Gasteiger partial charge in [0.2, 0.25) is 5.72 Å². The molecule has 1 unspecified atom stereocenters.